The third kappa shape index (κ3) is 5.47. The normalized spacial score (nSPS) is 16.4. The van der Waals surface area contributed by atoms with Crippen LogP contribution in [0.25, 0.3) is 0 Å². The zero-order valence-corrected chi connectivity index (χ0v) is 16.6. The fraction of sp³-hybridized carbons (Fsp3) is 0.381. The molecule has 3 rings (SSSR count). The highest BCUT2D eigenvalue weighted by atomic mass is 32.2. The van der Waals surface area contributed by atoms with Gasteiger partial charge in [-0.3, -0.25) is 4.79 Å². The molecule has 1 amide bonds. The number of carbonyl (C=O) groups excluding carboxylic acids is 1. The number of thioether (sulfide) groups is 1. The minimum Gasteiger partial charge on any atom is -0.460 e. The predicted molar refractivity (Wildman–Crippen MR) is 105 cm³/mol. The van der Waals surface area contributed by atoms with E-state index in [4.69, 9.17) is 9.47 Å². The second-order valence-electron chi connectivity index (χ2n) is 7.52. The van der Waals surface area contributed by atoms with Crippen LogP contribution in [0.3, 0.4) is 0 Å². The van der Waals surface area contributed by atoms with Crippen molar-refractivity contribution < 1.29 is 18.7 Å². The van der Waals surface area contributed by atoms with Crippen LogP contribution in [-0.4, -0.2) is 17.2 Å². The van der Waals surface area contributed by atoms with Gasteiger partial charge in [0.25, 0.3) is 0 Å². The van der Waals surface area contributed by atoms with Gasteiger partial charge < -0.3 is 14.8 Å². The minimum absolute atomic E-state index is 0.0378. The summed E-state index contributed by atoms with van der Waals surface area (Å²) in [7, 11) is 0. The summed E-state index contributed by atoms with van der Waals surface area (Å²) in [6.45, 7) is 6.11. The molecule has 4 nitrogen and oxygen atoms in total. The van der Waals surface area contributed by atoms with Crippen LogP contribution in [0.5, 0.6) is 5.75 Å². The summed E-state index contributed by atoms with van der Waals surface area (Å²) in [5, 5.41) is 2.92. The monoisotopic (exact) mass is 389 g/mol. The number of rotatable bonds is 5. The van der Waals surface area contributed by atoms with Gasteiger partial charge in [-0.15, -0.1) is 11.8 Å². The van der Waals surface area contributed by atoms with Crippen LogP contribution in [0, 0.1) is 5.82 Å². The molecule has 1 atom stereocenters. The molecular formula is C21H24FNO3S. The molecule has 1 aliphatic rings. The first-order valence-electron chi connectivity index (χ1n) is 8.85. The van der Waals surface area contributed by atoms with Crippen LogP contribution >= 0.6 is 11.8 Å². The van der Waals surface area contributed by atoms with Crippen LogP contribution in [-0.2, 0) is 21.9 Å². The maximum Gasteiger partial charge on any atom is 0.230 e. The number of hydrogen-bond donors (Lipinski definition) is 1. The van der Waals surface area contributed by atoms with E-state index in [9.17, 15) is 9.18 Å². The van der Waals surface area contributed by atoms with Gasteiger partial charge in [0.2, 0.25) is 12.2 Å². The van der Waals surface area contributed by atoms with Gasteiger partial charge in [-0.1, -0.05) is 30.3 Å². The Kier molecular flexibility index (Phi) is 6.07. The van der Waals surface area contributed by atoms with Crippen molar-refractivity contribution in [2.45, 2.75) is 45.0 Å². The summed E-state index contributed by atoms with van der Waals surface area (Å²) >= 11 is 1.43. The van der Waals surface area contributed by atoms with E-state index in [1.165, 1.54) is 23.9 Å². The Bertz CT molecular complexity index is 805. The third-order valence-electron chi connectivity index (χ3n) is 3.90. The first kappa shape index (κ1) is 19.7. The second-order valence-corrected chi connectivity index (χ2v) is 8.50. The molecule has 0 unspecified atom stereocenters. The average molecular weight is 389 g/mol. The number of nitrogens with one attached hydrogen (secondary N) is 1. The number of carbonyl (C=O) groups is 1. The lowest BCUT2D eigenvalue weighted by Gasteiger charge is -2.28. The molecule has 0 saturated heterocycles. The lowest BCUT2D eigenvalue weighted by atomic mass is 10.1. The van der Waals surface area contributed by atoms with Gasteiger partial charge in [-0.05, 0) is 32.9 Å². The molecule has 27 heavy (non-hydrogen) atoms. The van der Waals surface area contributed by atoms with E-state index in [2.05, 4.69) is 5.32 Å². The standard InChI is InChI=1S/C21H24FNO3S/c1-21(2,3)23-18(24)13-27-12-16-10-17(22)9-15-11-25-20(26-19(15)16)14-7-5-4-6-8-14/h4-10,20H,11-13H2,1-3H3,(H,23,24)/t20-/m1/s1. The highest BCUT2D eigenvalue weighted by Crippen LogP contribution is 2.37. The first-order valence-corrected chi connectivity index (χ1v) is 10.0. The zero-order valence-electron chi connectivity index (χ0n) is 15.8. The van der Waals surface area contributed by atoms with E-state index in [0.717, 1.165) is 11.1 Å². The molecule has 1 N–H and O–H groups in total. The van der Waals surface area contributed by atoms with E-state index < -0.39 is 6.29 Å². The van der Waals surface area contributed by atoms with Crippen molar-refractivity contribution in [2.75, 3.05) is 5.75 Å². The van der Waals surface area contributed by atoms with Crippen molar-refractivity contribution in [3.63, 3.8) is 0 Å². The molecule has 0 aromatic heterocycles. The van der Waals surface area contributed by atoms with Gasteiger partial charge >= 0.3 is 0 Å². The van der Waals surface area contributed by atoms with E-state index in [1.54, 1.807) is 0 Å². The Morgan fingerprint density at radius 3 is 2.70 bits per heavy atom. The first-order chi connectivity index (χ1) is 12.8. The van der Waals surface area contributed by atoms with E-state index in [0.29, 0.717) is 22.8 Å². The molecule has 0 saturated carbocycles. The van der Waals surface area contributed by atoms with Crippen molar-refractivity contribution in [1.29, 1.82) is 0 Å². The maximum absolute atomic E-state index is 14.0. The molecule has 144 valence electrons. The highest BCUT2D eigenvalue weighted by molar-refractivity contribution is 7.99. The number of fused-ring (bicyclic) bond motifs is 1. The summed E-state index contributed by atoms with van der Waals surface area (Å²) < 4.78 is 25.8. The summed E-state index contributed by atoms with van der Waals surface area (Å²) in [5.41, 5.74) is 2.08. The fourth-order valence-corrected chi connectivity index (χ4v) is 3.66. The number of ether oxygens (including phenoxy) is 2. The summed E-state index contributed by atoms with van der Waals surface area (Å²) in [4.78, 5) is 12.0. The summed E-state index contributed by atoms with van der Waals surface area (Å²) in [5.74, 6) is 1.08. The van der Waals surface area contributed by atoms with Crippen molar-refractivity contribution in [3.05, 3.63) is 65.0 Å². The van der Waals surface area contributed by atoms with E-state index in [-0.39, 0.29) is 23.9 Å². The van der Waals surface area contributed by atoms with E-state index >= 15 is 0 Å². The largest absolute Gasteiger partial charge is 0.460 e. The lowest BCUT2D eigenvalue weighted by Crippen LogP contribution is -2.41. The topological polar surface area (TPSA) is 47.6 Å². The average Bonchev–Trinajstić information content (AvgIpc) is 2.60. The summed E-state index contributed by atoms with van der Waals surface area (Å²) in [6.07, 6.45) is -0.517. The van der Waals surface area contributed by atoms with Crippen LogP contribution in [0.2, 0.25) is 0 Å². The Hall–Kier alpha value is -2.05. The second kappa shape index (κ2) is 8.31. The molecule has 0 aliphatic carbocycles. The molecular weight excluding hydrogens is 365 g/mol. The minimum atomic E-state index is -0.517. The lowest BCUT2D eigenvalue weighted by molar-refractivity contribution is -0.119. The third-order valence-corrected chi connectivity index (χ3v) is 4.88. The van der Waals surface area contributed by atoms with Gasteiger partial charge in [0.05, 0.1) is 12.4 Å². The number of hydrogen-bond acceptors (Lipinski definition) is 4. The van der Waals surface area contributed by atoms with Crippen LogP contribution < -0.4 is 10.1 Å². The van der Waals surface area contributed by atoms with Gasteiger partial charge in [-0.2, -0.15) is 0 Å². The maximum atomic E-state index is 14.0. The van der Waals surface area contributed by atoms with E-state index in [1.807, 2.05) is 51.1 Å². The Balaban J connectivity index is 1.70. The van der Waals surface area contributed by atoms with Crippen LogP contribution in [0.1, 0.15) is 43.8 Å². The Labute approximate surface area is 163 Å². The van der Waals surface area contributed by atoms with Crippen molar-refractivity contribution in [3.8, 4) is 5.75 Å². The number of amides is 1. The van der Waals surface area contributed by atoms with Gasteiger partial charge in [-0.25, -0.2) is 4.39 Å². The SMILES string of the molecule is CC(C)(C)NC(=O)CSCc1cc(F)cc2c1O[C@H](c1ccccc1)OC2. The molecule has 2 aromatic carbocycles. The quantitative estimate of drug-likeness (QED) is 0.813. The van der Waals surface area contributed by atoms with Gasteiger partial charge in [0, 0.05) is 28.0 Å². The molecule has 1 heterocycles. The summed E-state index contributed by atoms with van der Waals surface area (Å²) in [6, 6.07) is 12.6. The molecule has 0 fully saturated rings. The fourth-order valence-electron chi connectivity index (χ4n) is 2.87. The molecule has 6 heteroatoms. The van der Waals surface area contributed by atoms with Crippen molar-refractivity contribution in [2.24, 2.45) is 0 Å². The molecule has 2 aromatic rings. The Morgan fingerprint density at radius 2 is 2.00 bits per heavy atom. The smallest absolute Gasteiger partial charge is 0.230 e. The van der Waals surface area contributed by atoms with Gasteiger partial charge in [0.15, 0.2) is 0 Å². The Morgan fingerprint density at radius 1 is 1.26 bits per heavy atom. The van der Waals surface area contributed by atoms with Crippen molar-refractivity contribution >= 4 is 17.7 Å². The van der Waals surface area contributed by atoms with Gasteiger partial charge in [0.1, 0.15) is 11.6 Å². The number of halogens is 1. The highest BCUT2D eigenvalue weighted by Gasteiger charge is 2.25. The molecule has 1 aliphatic heterocycles. The zero-order chi connectivity index (χ0) is 19.4. The number of benzene rings is 2. The van der Waals surface area contributed by atoms with Crippen LogP contribution in [0.15, 0.2) is 42.5 Å². The molecule has 0 bridgehead atoms. The molecule has 0 spiro atoms. The predicted octanol–water partition coefficient (Wildman–Crippen LogP) is 4.58. The van der Waals surface area contributed by atoms with Crippen LogP contribution in [0.4, 0.5) is 4.39 Å². The molecule has 0 radical (unpaired) electrons. The van der Waals surface area contributed by atoms with Crippen molar-refractivity contribution in [1.82, 2.24) is 5.32 Å².